The number of hydrogen-bond donors (Lipinski definition) is 4. The van der Waals surface area contributed by atoms with Gasteiger partial charge in [0.2, 0.25) is 11.8 Å². The molecule has 4 N–H and O–H groups in total. The van der Waals surface area contributed by atoms with Crippen molar-refractivity contribution in [1.29, 1.82) is 0 Å². The summed E-state index contributed by atoms with van der Waals surface area (Å²) in [7, 11) is 0. The molecule has 1 fully saturated rings. The molecule has 56 heavy (non-hydrogen) atoms. The summed E-state index contributed by atoms with van der Waals surface area (Å²) in [5.74, 6) is -1.13. The molecular formula is C43H42F4N6O3. The number of carbonyl (C=O) groups excluding carboxylic acids is 3. The van der Waals surface area contributed by atoms with Crippen LogP contribution in [0.4, 0.5) is 23.2 Å². The molecule has 1 saturated heterocycles. The SMILES string of the molecule is CC(=O)N(Cc1ccccc1C(F)(F)F)C[C@@H](Cc1c[nH]c2ccccc12)NC(=O)CN1CCC(c2cc3cc(NC(=O)c4ccc(F)cc4)ccc3[nH]2)CC1. The number of para-hydroxylation sites is 1. The summed E-state index contributed by atoms with van der Waals surface area (Å²) in [6.45, 7) is 2.58. The van der Waals surface area contributed by atoms with Gasteiger partial charge in [-0.05, 0) is 104 Å². The smallest absolute Gasteiger partial charge is 0.361 e. The lowest BCUT2D eigenvalue weighted by Gasteiger charge is -2.32. The topological polar surface area (TPSA) is 113 Å². The number of nitrogens with one attached hydrogen (secondary N) is 4. The second-order valence-electron chi connectivity index (χ2n) is 14.4. The number of hydrogen-bond acceptors (Lipinski definition) is 4. The van der Waals surface area contributed by atoms with Gasteiger partial charge in [-0.1, -0.05) is 36.4 Å². The number of H-pyrrole nitrogens is 2. The van der Waals surface area contributed by atoms with Crippen LogP contribution in [0.25, 0.3) is 21.8 Å². The van der Waals surface area contributed by atoms with Gasteiger partial charge in [0, 0.05) is 70.9 Å². The Morgan fingerprint density at radius 1 is 0.893 bits per heavy atom. The Kier molecular flexibility index (Phi) is 11.2. The lowest BCUT2D eigenvalue weighted by atomic mass is 9.93. The van der Waals surface area contributed by atoms with Gasteiger partial charge in [-0.25, -0.2) is 4.39 Å². The van der Waals surface area contributed by atoms with Crippen molar-refractivity contribution < 1.29 is 31.9 Å². The van der Waals surface area contributed by atoms with Crippen LogP contribution in [0.5, 0.6) is 0 Å². The first-order valence-corrected chi connectivity index (χ1v) is 18.6. The third-order valence-electron chi connectivity index (χ3n) is 10.5. The van der Waals surface area contributed by atoms with Gasteiger partial charge in [0.1, 0.15) is 5.82 Å². The molecule has 3 amide bonds. The molecule has 1 aliphatic heterocycles. The Balaban J connectivity index is 0.990. The summed E-state index contributed by atoms with van der Waals surface area (Å²) in [5.41, 5.74) is 4.02. The molecule has 13 heteroatoms. The van der Waals surface area contributed by atoms with Crippen molar-refractivity contribution in [3.05, 3.63) is 137 Å². The average molecular weight is 767 g/mol. The first-order chi connectivity index (χ1) is 26.9. The van der Waals surface area contributed by atoms with E-state index in [4.69, 9.17) is 0 Å². The molecule has 2 aromatic heterocycles. The van der Waals surface area contributed by atoms with Gasteiger partial charge < -0.3 is 25.5 Å². The number of nitrogens with zero attached hydrogens (tertiary/aromatic N) is 2. The van der Waals surface area contributed by atoms with Crippen LogP contribution in [-0.2, 0) is 28.7 Å². The predicted molar refractivity (Wildman–Crippen MR) is 208 cm³/mol. The zero-order chi connectivity index (χ0) is 39.4. The van der Waals surface area contributed by atoms with Gasteiger partial charge in [-0.3, -0.25) is 19.3 Å². The van der Waals surface area contributed by atoms with E-state index in [1.54, 1.807) is 0 Å². The van der Waals surface area contributed by atoms with Gasteiger partial charge in [-0.2, -0.15) is 13.2 Å². The van der Waals surface area contributed by atoms with E-state index in [-0.39, 0.29) is 42.9 Å². The van der Waals surface area contributed by atoms with E-state index < -0.39 is 29.5 Å². The van der Waals surface area contributed by atoms with E-state index >= 15 is 0 Å². The van der Waals surface area contributed by atoms with Gasteiger partial charge >= 0.3 is 6.18 Å². The fourth-order valence-electron chi connectivity index (χ4n) is 7.57. The van der Waals surface area contributed by atoms with Crippen LogP contribution in [-0.4, -0.2) is 69.7 Å². The maximum Gasteiger partial charge on any atom is 0.416 e. The number of likely N-dealkylation sites (tertiary alicyclic amines) is 1. The van der Waals surface area contributed by atoms with E-state index in [1.165, 1.54) is 54.3 Å². The normalized spacial score (nSPS) is 14.5. The Labute approximate surface area is 321 Å². The second kappa shape index (κ2) is 16.4. The molecule has 3 heterocycles. The third-order valence-corrected chi connectivity index (χ3v) is 10.5. The van der Waals surface area contributed by atoms with Crippen molar-refractivity contribution >= 4 is 45.2 Å². The number of amides is 3. The molecule has 1 atom stereocenters. The number of aromatic nitrogens is 2. The first-order valence-electron chi connectivity index (χ1n) is 18.6. The summed E-state index contributed by atoms with van der Waals surface area (Å²) in [4.78, 5) is 49.4. The summed E-state index contributed by atoms with van der Waals surface area (Å²) in [5, 5.41) is 7.89. The molecule has 0 saturated carbocycles. The van der Waals surface area contributed by atoms with Crippen LogP contribution in [0.3, 0.4) is 0 Å². The number of alkyl halides is 3. The minimum atomic E-state index is -4.58. The zero-order valence-electron chi connectivity index (χ0n) is 30.8. The molecule has 290 valence electrons. The highest BCUT2D eigenvalue weighted by molar-refractivity contribution is 6.05. The number of fused-ring (bicyclic) bond motifs is 2. The number of rotatable bonds is 12. The maximum absolute atomic E-state index is 13.8. The first kappa shape index (κ1) is 38.3. The van der Waals surface area contributed by atoms with Crippen LogP contribution in [0.15, 0.2) is 103 Å². The van der Waals surface area contributed by atoms with E-state index in [0.717, 1.165) is 52.0 Å². The Bertz CT molecular complexity index is 2340. The summed E-state index contributed by atoms with van der Waals surface area (Å²) in [6.07, 6.45) is -0.733. The maximum atomic E-state index is 13.8. The highest BCUT2D eigenvalue weighted by atomic mass is 19.4. The number of benzene rings is 4. The number of anilines is 1. The minimum Gasteiger partial charge on any atom is -0.361 e. The monoisotopic (exact) mass is 766 g/mol. The van der Waals surface area contributed by atoms with Crippen molar-refractivity contribution in [3.8, 4) is 0 Å². The Morgan fingerprint density at radius 3 is 2.38 bits per heavy atom. The summed E-state index contributed by atoms with van der Waals surface area (Å²) < 4.78 is 54.8. The lowest BCUT2D eigenvalue weighted by molar-refractivity contribution is -0.139. The number of halogens is 4. The van der Waals surface area contributed by atoms with Crippen molar-refractivity contribution in [2.45, 2.75) is 50.9 Å². The number of aromatic amines is 2. The highest BCUT2D eigenvalue weighted by Crippen LogP contribution is 2.33. The molecule has 0 radical (unpaired) electrons. The fraction of sp³-hybridized carbons (Fsp3) is 0.279. The molecular weight excluding hydrogens is 725 g/mol. The predicted octanol–water partition coefficient (Wildman–Crippen LogP) is 8.02. The highest BCUT2D eigenvalue weighted by Gasteiger charge is 2.34. The van der Waals surface area contributed by atoms with Crippen molar-refractivity contribution in [1.82, 2.24) is 25.1 Å². The van der Waals surface area contributed by atoms with E-state index in [1.807, 2.05) is 48.7 Å². The van der Waals surface area contributed by atoms with Crippen LogP contribution in [0, 0.1) is 5.82 Å². The second-order valence-corrected chi connectivity index (χ2v) is 14.4. The molecule has 0 unspecified atom stereocenters. The molecule has 0 spiro atoms. The van der Waals surface area contributed by atoms with Crippen molar-refractivity contribution in [2.24, 2.45) is 0 Å². The van der Waals surface area contributed by atoms with Gasteiger partial charge in [0.05, 0.1) is 18.2 Å². The van der Waals surface area contributed by atoms with E-state index in [9.17, 15) is 31.9 Å². The van der Waals surface area contributed by atoms with Crippen molar-refractivity contribution in [2.75, 3.05) is 31.5 Å². The Hall–Kier alpha value is -5.95. The largest absolute Gasteiger partial charge is 0.416 e. The molecule has 1 aliphatic rings. The zero-order valence-corrected chi connectivity index (χ0v) is 30.8. The molecule has 9 nitrogen and oxygen atoms in total. The minimum absolute atomic E-state index is 0.0146. The van der Waals surface area contributed by atoms with E-state index in [0.29, 0.717) is 30.8 Å². The lowest BCUT2D eigenvalue weighted by Crippen LogP contribution is -2.49. The standard InChI is InChI=1S/C43H42F4N6O3/c1-27(54)53(24-30-6-2-4-8-37(30)43(45,46)47)25-35(21-32-23-48-39-9-5-3-7-36(32)39)49-41(55)26-52-18-16-28(17-19-52)40-22-31-20-34(14-15-38(31)51-40)50-42(56)29-10-12-33(44)13-11-29/h2-15,20,22-23,28,35,48,51H,16-19,21,24-26H2,1H3,(H,49,55)(H,50,56)/t35-/m1/s1. The molecule has 0 bridgehead atoms. The van der Waals surface area contributed by atoms with Gasteiger partial charge in [0.25, 0.3) is 5.91 Å². The summed E-state index contributed by atoms with van der Waals surface area (Å²) >= 11 is 0. The van der Waals surface area contributed by atoms with Crippen LogP contribution >= 0.6 is 0 Å². The van der Waals surface area contributed by atoms with Crippen LogP contribution in [0.2, 0.25) is 0 Å². The molecule has 6 aromatic rings. The van der Waals surface area contributed by atoms with Gasteiger partial charge in [-0.15, -0.1) is 0 Å². The summed E-state index contributed by atoms with van der Waals surface area (Å²) in [6, 6.07) is 25.5. The molecule has 7 rings (SSSR count). The average Bonchev–Trinajstić information content (AvgIpc) is 3.79. The fourth-order valence-corrected chi connectivity index (χ4v) is 7.57. The third kappa shape index (κ3) is 9.11. The van der Waals surface area contributed by atoms with Crippen LogP contribution in [0.1, 0.15) is 58.4 Å². The Morgan fingerprint density at radius 2 is 1.62 bits per heavy atom. The number of piperidine rings is 1. The number of carbonyl (C=O) groups is 3. The quantitative estimate of drug-likeness (QED) is 0.0946. The molecule has 0 aliphatic carbocycles. The van der Waals surface area contributed by atoms with Gasteiger partial charge in [0.15, 0.2) is 0 Å². The molecule has 4 aromatic carbocycles. The van der Waals surface area contributed by atoms with Crippen LogP contribution < -0.4 is 10.6 Å². The van der Waals surface area contributed by atoms with E-state index in [2.05, 4.69) is 31.6 Å². The van der Waals surface area contributed by atoms with Crippen molar-refractivity contribution in [3.63, 3.8) is 0 Å².